The summed E-state index contributed by atoms with van der Waals surface area (Å²) in [5, 5.41) is 5.55. The highest BCUT2D eigenvalue weighted by Gasteiger charge is 2.28. The van der Waals surface area contributed by atoms with Crippen LogP contribution in [0, 0.1) is 11.8 Å². The molecule has 41 heavy (non-hydrogen) atoms. The van der Waals surface area contributed by atoms with Crippen molar-refractivity contribution in [3.05, 3.63) is 96.1 Å². The summed E-state index contributed by atoms with van der Waals surface area (Å²) in [7, 11) is 0. The summed E-state index contributed by atoms with van der Waals surface area (Å²) in [5.41, 5.74) is 4.05. The summed E-state index contributed by atoms with van der Waals surface area (Å²) < 4.78 is 11.1. The number of alkyl carbamates (subject to hydrolysis) is 1. The highest BCUT2D eigenvalue weighted by Crippen LogP contribution is 2.19. The summed E-state index contributed by atoms with van der Waals surface area (Å²) in [6.45, 7) is 8.18. The molecule has 3 aromatic rings. The number of Topliss-reactive ketones (excluding diaryl/α,β-unsaturated/α-hetero) is 1. The van der Waals surface area contributed by atoms with Gasteiger partial charge in [0, 0.05) is 0 Å². The first-order valence-corrected chi connectivity index (χ1v) is 14.2. The van der Waals surface area contributed by atoms with Crippen molar-refractivity contribution >= 4 is 17.8 Å². The molecule has 0 aliphatic heterocycles. The Morgan fingerprint density at radius 3 is 1.78 bits per heavy atom. The van der Waals surface area contributed by atoms with Crippen molar-refractivity contribution in [2.75, 3.05) is 6.61 Å². The van der Waals surface area contributed by atoms with Gasteiger partial charge in [0.1, 0.15) is 19.3 Å². The maximum absolute atomic E-state index is 13.3. The molecule has 3 aromatic carbocycles. The van der Waals surface area contributed by atoms with Crippen LogP contribution in [0.3, 0.4) is 0 Å². The van der Waals surface area contributed by atoms with Crippen molar-refractivity contribution in [3.63, 3.8) is 0 Å². The lowest BCUT2D eigenvalue weighted by molar-refractivity contribution is -0.132. The quantitative estimate of drug-likeness (QED) is 0.228. The van der Waals surface area contributed by atoms with Crippen molar-refractivity contribution in [2.45, 2.75) is 65.8 Å². The van der Waals surface area contributed by atoms with Gasteiger partial charge in [-0.05, 0) is 46.9 Å². The first-order chi connectivity index (χ1) is 19.7. The van der Waals surface area contributed by atoms with Gasteiger partial charge in [0.2, 0.25) is 5.91 Å². The fourth-order valence-electron chi connectivity index (χ4n) is 4.42. The van der Waals surface area contributed by atoms with Gasteiger partial charge in [-0.3, -0.25) is 9.59 Å². The molecule has 0 heterocycles. The molecule has 218 valence electrons. The Labute approximate surface area is 243 Å². The number of ketones is 1. The van der Waals surface area contributed by atoms with Gasteiger partial charge in [0.25, 0.3) is 0 Å². The summed E-state index contributed by atoms with van der Waals surface area (Å²) in [5.74, 6) is -0.313. The van der Waals surface area contributed by atoms with Crippen LogP contribution >= 0.6 is 0 Å². The van der Waals surface area contributed by atoms with Gasteiger partial charge in [-0.1, -0.05) is 113 Å². The molecule has 0 saturated carbocycles. The van der Waals surface area contributed by atoms with E-state index >= 15 is 0 Å². The molecule has 1 unspecified atom stereocenters. The van der Waals surface area contributed by atoms with Crippen molar-refractivity contribution in [1.29, 1.82) is 0 Å². The van der Waals surface area contributed by atoms with E-state index < -0.39 is 24.1 Å². The SMILES string of the molecule is CC(C)CC(NC(=O)[C@H](CC(C)C)NC(=O)OCc1ccccc1)C(=O)COCc1ccc(-c2ccccc2)cc1. The Hall–Kier alpha value is -3.97. The Morgan fingerprint density at radius 2 is 1.17 bits per heavy atom. The first kappa shape index (κ1) is 31.6. The second-order valence-corrected chi connectivity index (χ2v) is 11.1. The van der Waals surface area contributed by atoms with Crippen LogP contribution in [-0.2, 0) is 32.3 Å². The number of benzene rings is 3. The number of carbonyl (C=O) groups excluding carboxylic acids is 3. The van der Waals surface area contributed by atoms with E-state index in [0.29, 0.717) is 12.8 Å². The van der Waals surface area contributed by atoms with E-state index in [-0.39, 0.29) is 37.4 Å². The lowest BCUT2D eigenvalue weighted by atomic mass is 9.98. The van der Waals surface area contributed by atoms with Crippen LogP contribution in [0.5, 0.6) is 0 Å². The van der Waals surface area contributed by atoms with Gasteiger partial charge in [0.05, 0.1) is 12.6 Å². The summed E-state index contributed by atoms with van der Waals surface area (Å²) in [6.07, 6.45) is 0.194. The molecule has 0 spiro atoms. The zero-order valence-electron chi connectivity index (χ0n) is 24.5. The number of carbonyl (C=O) groups is 3. The molecule has 2 N–H and O–H groups in total. The molecule has 7 nitrogen and oxygen atoms in total. The largest absolute Gasteiger partial charge is 0.445 e. The highest BCUT2D eigenvalue weighted by atomic mass is 16.5. The van der Waals surface area contributed by atoms with E-state index in [1.165, 1.54) is 0 Å². The Kier molecular flexibility index (Phi) is 12.6. The molecule has 0 aromatic heterocycles. The second-order valence-electron chi connectivity index (χ2n) is 11.1. The van der Waals surface area contributed by atoms with Crippen LogP contribution < -0.4 is 10.6 Å². The van der Waals surface area contributed by atoms with Gasteiger partial charge in [-0.25, -0.2) is 4.79 Å². The maximum Gasteiger partial charge on any atom is 0.408 e. The molecule has 2 atom stereocenters. The van der Waals surface area contributed by atoms with Crippen LogP contribution in [0.1, 0.15) is 51.7 Å². The van der Waals surface area contributed by atoms with E-state index in [2.05, 4.69) is 22.8 Å². The maximum atomic E-state index is 13.3. The van der Waals surface area contributed by atoms with Crippen LogP contribution in [-0.4, -0.2) is 36.5 Å². The van der Waals surface area contributed by atoms with E-state index in [1.807, 2.05) is 100 Å². The van der Waals surface area contributed by atoms with Gasteiger partial charge >= 0.3 is 6.09 Å². The van der Waals surface area contributed by atoms with Crippen molar-refractivity contribution in [3.8, 4) is 11.1 Å². The number of hydrogen-bond acceptors (Lipinski definition) is 5. The van der Waals surface area contributed by atoms with Crippen molar-refractivity contribution < 1.29 is 23.9 Å². The number of ether oxygens (including phenoxy) is 2. The molecule has 7 heteroatoms. The van der Waals surface area contributed by atoms with E-state index in [9.17, 15) is 14.4 Å². The third kappa shape index (κ3) is 11.2. The Balaban J connectivity index is 1.54. The second kappa shape index (κ2) is 16.3. The highest BCUT2D eigenvalue weighted by molar-refractivity contribution is 5.92. The molecule has 0 aliphatic carbocycles. The predicted molar refractivity (Wildman–Crippen MR) is 161 cm³/mol. The molecule has 0 radical (unpaired) electrons. The summed E-state index contributed by atoms with van der Waals surface area (Å²) >= 11 is 0. The molecule has 3 rings (SSSR count). The molecule has 0 fully saturated rings. The number of rotatable bonds is 15. The van der Waals surface area contributed by atoms with Crippen LogP contribution in [0.15, 0.2) is 84.9 Å². The van der Waals surface area contributed by atoms with E-state index in [4.69, 9.17) is 9.47 Å². The van der Waals surface area contributed by atoms with Gasteiger partial charge in [-0.15, -0.1) is 0 Å². The van der Waals surface area contributed by atoms with Gasteiger partial charge in [0.15, 0.2) is 5.78 Å². The topological polar surface area (TPSA) is 93.7 Å². The number of amides is 2. The molecule has 0 bridgehead atoms. The first-order valence-electron chi connectivity index (χ1n) is 14.2. The molecule has 2 amide bonds. The Bertz CT molecular complexity index is 1230. The normalized spacial score (nSPS) is 12.5. The third-order valence-electron chi connectivity index (χ3n) is 6.51. The minimum atomic E-state index is -0.829. The third-order valence-corrected chi connectivity index (χ3v) is 6.51. The number of nitrogens with one attached hydrogen (secondary N) is 2. The standard InChI is InChI=1S/C34H42N2O5/c1-24(2)19-30(32(37)23-40-21-27-15-17-29(18-16-27)28-13-9-6-10-14-28)35-33(38)31(20-25(3)4)36-34(39)41-22-26-11-7-5-8-12-26/h5-18,24-25,30-31H,19-23H2,1-4H3,(H,35,38)(H,36,39)/t30?,31-/m0/s1. The average Bonchev–Trinajstić information content (AvgIpc) is 2.96. The van der Waals surface area contributed by atoms with Crippen LogP contribution in [0.4, 0.5) is 4.79 Å². The van der Waals surface area contributed by atoms with E-state index in [0.717, 1.165) is 22.3 Å². The zero-order valence-corrected chi connectivity index (χ0v) is 24.5. The lowest BCUT2D eigenvalue weighted by Gasteiger charge is -2.24. The fourth-order valence-corrected chi connectivity index (χ4v) is 4.42. The van der Waals surface area contributed by atoms with Crippen LogP contribution in [0.2, 0.25) is 0 Å². The van der Waals surface area contributed by atoms with Gasteiger partial charge < -0.3 is 20.1 Å². The zero-order chi connectivity index (χ0) is 29.6. The fraction of sp³-hybridized carbons (Fsp3) is 0.382. The van der Waals surface area contributed by atoms with Crippen molar-refractivity contribution in [2.24, 2.45) is 11.8 Å². The minimum absolute atomic E-state index is 0.101. The van der Waals surface area contributed by atoms with Gasteiger partial charge in [-0.2, -0.15) is 0 Å². The smallest absolute Gasteiger partial charge is 0.408 e. The molecule has 0 aliphatic rings. The molecule has 0 saturated heterocycles. The molecular formula is C34H42N2O5. The molecular weight excluding hydrogens is 516 g/mol. The number of hydrogen-bond donors (Lipinski definition) is 2. The van der Waals surface area contributed by atoms with E-state index in [1.54, 1.807) is 0 Å². The Morgan fingerprint density at radius 1 is 0.634 bits per heavy atom. The summed E-state index contributed by atoms with van der Waals surface area (Å²) in [4.78, 5) is 38.9. The van der Waals surface area contributed by atoms with Crippen molar-refractivity contribution in [1.82, 2.24) is 10.6 Å². The predicted octanol–water partition coefficient (Wildman–Crippen LogP) is 6.31. The monoisotopic (exact) mass is 558 g/mol. The minimum Gasteiger partial charge on any atom is -0.445 e. The van der Waals surface area contributed by atoms with Crippen LogP contribution in [0.25, 0.3) is 11.1 Å². The average molecular weight is 559 g/mol. The lowest BCUT2D eigenvalue weighted by Crippen LogP contribution is -2.53. The summed E-state index contributed by atoms with van der Waals surface area (Å²) in [6, 6.07) is 25.9.